The molecule has 4 rings (SSSR count). The van der Waals surface area contributed by atoms with Crippen LogP contribution in [0, 0.1) is 11.3 Å². The first kappa shape index (κ1) is 21.1. The maximum Gasteiger partial charge on any atom is 0.264 e. The highest BCUT2D eigenvalue weighted by Gasteiger charge is 2.36. The van der Waals surface area contributed by atoms with Crippen LogP contribution in [0.3, 0.4) is 0 Å². The minimum Gasteiger partial charge on any atom is -0.312 e. The molecule has 0 spiro atoms. The highest BCUT2D eigenvalue weighted by atomic mass is 32.2. The molecule has 1 N–H and O–H groups in total. The normalized spacial score (nSPS) is 15.4. The summed E-state index contributed by atoms with van der Waals surface area (Å²) < 4.78 is 28.3. The number of hydrogen-bond acceptors (Lipinski definition) is 5. The standard InChI is InChI=1S/C23H21N3O3S2/c1-3-19-12-18(14-24)23(30-19)25-22(27)17-8-6-9-20(13-17)31(28,29)26-15(2)11-16-7-4-5-10-21(16)26/h4-10,12-13,15H,3,11H2,1-2H3,(H,25,27). The molecular weight excluding hydrogens is 430 g/mol. The Labute approximate surface area is 185 Å². The lowest BCUT2D eigenvalue weighted by Gasteiger charge is -2.24. The van der Waals surface area contributed by atoms with Crippen LogP contribution >= 0.6 is 11.3 Å². The van der Waals surface area contributed by atoms with Crippen LogP contribution in [0.15, 0.2) is 59.5 Å². The van der Waals surface area contributed by atoms with Gasteiger partial charge < -0.3 is 5.32 Å². The molecule has 1 unspecified atom stereocenters. The number of carbonyl (C=O) groups is 1. The Bertz CT molecular complexity index is 1310. The van der Waals surface area contributed by atoms with Crippen molar-refractivity contribution in [2.75, 3.05) is 9.62 Å². The van der Waals surface area contributed by atoms with Crippen molar-refractivity contribution >= 4 is 38.0 Å². The average molecular weight is 452 g/mol. The highest BCUT2D eigenvalue weighted by Crippen LogP contribution is 2.36. The molecule has 0 radical (unpaired) electrons. The van der Waals surface area contributed by atoms with E-state index in [4.69, 9.17) is 0 Å². The number of rotatable bonds is 5. The number of nitrogens with one attached hydrogen (secondary N) is 1. The Morgan fingerprint density at radius 2 is 2.00 bits per heavy atom. The summed E-state index contributed by atoms with van der Waals surface area (Å²) in [5, 5.41) is 12.5. The number of fused-ring (bicyclic) bond motifs is 1. The van der Waals surface area contributed by atoms with Crippen molar-refractivity contribution in [3.8, 4) is 6.07 Å². The number of amides is 1. The first-order chi connectivity index (χ1) is 14.8. The van der Waals surface area contributed by atoms with Gasteiger partial charge in [-0.3, -0.25) is 9.10 Å². The van der Waals surface area contributed by atoms with E-state index < -0.39 is 15.9 Å². The number of para-hydroxylation sites is 1. The molecule has 6 nitrogen and oxygen atoms in total. The SMILES string of the molecule is CCc1cc(C#N)c(NC(=O)c2cccc(S(=O)(=O)N3c4ccccc4CC3C)c2)s1. The molecule has 0 saturated carbocycles. The first-order valence-electron chi connectivity index (χ1n) is 9.91. The molecule has 1 aromatic heterocycles. The van der Waals surface area contributed by atoms with Gasteiger partial charge in [-0.05, 0) is 55.7 Å². The molecule has 2 aromatic carbocycles. The third-order valence-corrected chi connectivity index (χ3v) is 8.40. The van der Waals surface area contributed by atoms with Crippen LogP contribution < -0.4 is 9.62 Å². The summed E-state index contributed by atoms with van der Waals surface area (Å²) in [6.45, 7) is 3.85. The molecule has 0 fully saturated rings. The molecule has 0 bridgehead atoms. The van der Waals surface area contributed by atoms with E-state index in [1.165, 1.54) is 27.8 Å². The first-order valence-corrected chi connectivity index (χ1v) is 12.2. The van der Waals surface area contributed by atoms with E-state index >= 15 is 0 Å². The van der Waals surface area contributed by atoms with Gasteiger partial charge in [0.15, 0.2) is 0 Å². The quantitative estimate of drug-likeness (QED) is 0.615. The Morgan fingerprint density at radius 1 is 1.23 bits per heavy atom. The number of aryl methyl sites for hydroxylation is 1. The maximum atomic E-state index is 13.4. The topological polar surface area (TPSA) is 90.3 Å². The third-order valence-electron chi connectivity index (χ3n) is 5.28. The summed E-state index contributed by atoms with van der Waals surface area (Å²) in [6.07, 6.45) is 1.41. The zero-order valence-electron chi connectivity index (χ0n) is 17.1. The highest BCUT2D eigenvalue weighted by molar-refractivity contribution is 7.92. The van der Waals surface area contributed by atoms with Gasteiger partial charge in [-0.15, -0.1) is 11.3 Å². The molecular formula is C23H21N3O3S2. The van der Waals surface area contributed by atoms with Crippen LogP contribution in [0.1, 0.15) is 40.2 Å². The van der Waals surface area contributed by atoms with E-state index in [2.05, 4.69) is 11.4 Å². The lowest BCUT2D eigenvalue weighted by molar-refractivity contribution is 0.102. The van der Waals surface area contributed by atoms with E-state index in [-0.39, 0.29) is 16.5 Å². The third kappa shape index (κ3) is 3.82. The van der Waals surface area contributed by atoms with Crippen LogP contribution in [0.4, 0.5) is 10.7 Å². The smallest absolute Gasteiger partial charge is 0.264 e. The summed E-state index contributed by atoms with van der Waals surface area (Å²) in [6, 6.07) is 17.1. The molecule has 8 heteroatoms. The van der Waals surface area contributed by atoms with Gasteiger partial charge in [0.25, 0.3) is 15.9 Å². The van der Waals surface area contributed by atoms with E-state index in [0.717, 1.165) is 16.9 Å². The number of nitriles is 1. The molecule has 31 heavy (non-hydrogen) atoms. The number of thiophene rings is 1. The summed E-state index contributed by atoms with van der Waals surface area (Å²) in [4.78, 5) is 13.9. The minimum absolute atomic E-state index is 0.0598. The van der Waals surface area contributed by atoms with Crippen LogP contribution in [0.2, 0.25) is 0 Å². The van der Waals surface area contributed by atoms with Gasteiger partial charge in [0.1, 0.15) is 11.1 Å². The molecule has 1 aliphatic heterocycles. The van der Waals surface area contributed by atoms with Gasteiger partial charge in [-0.25, -0.2) is 8.42 Å². The number of anilines is 2. The fourth-order valence-corrected chi connectivity index (χ4v) is 6.46. The Morgan fingerprint density at radius 3 is 2.74 bits per heavy atom. The number of benzene rings is 2. The van der Waals surface area contributed by atoms with Gasteiger partial charge in [0, 0.05) is 16.5 Å². The van der Waals surface area contributed by atoms with E-state index in [9.17, 15) is 18.5 Å². The van der Waals surface area contributed by atoms with E-state index in [1.807, 2.05) is 32.0 Å². The van der Waals surface area contributed by atoms with Gasteiger partial charge >= 0.3 is 0 Å². The lowest BCUT2D eigenvalue weighted by atomic mass is 10.1. The monoisotopic (exact) mass is 451 g/mol. The predicted molar refractivity (Wildman–Crippen MR) is 122 cm³/mol. The fourth-order valence-electron chi connectivity index (χ4n) is 3.78. The molecule has 1 amide bonds. The predicted octanol–water partition coefficient (Wildman–Crippen LogP) is 4.57. The molecule has 158 valence electrons. The fraction of sp³-hybridized carbons (Fsp3) is 0.217. The molecule has 0 saturated heterocycles. The minimum atomic E-state index is -3.84. The molecule has 2 heterocycles. The Hall–Kier alpha value is -3.15. The second-order valence-electron chi connectivity index (χ2n) is 7.39. The molecule has 1 aliphatic rings. The largest absolute Gasteiger partial charge is 0.312 e. The van der Waals surface area contributed by atoms with E-state index in [1.54, 1.807) is 24.3 Å². The maximum absolute atomic E-state index is 13.4. The number of sulfonamides is 1. The second-order valence-corrected chi connectivity index (χ2v) is 10.3. The lowest BCUT2D eigenvalue weighted by Crippen LogP contribution is -2.35. The van der Waals surface area contributed by atoms with E-state index in [0.29, 0.717) is 22.7 Å². The second kappa shape index (κ2) is 8.17. The Kier molecular flexibility index (Phi) is 5.56. The summed E-state index contributed by atoms with van der Waals surface area (Å²) in [7, 11) is -3.84. The zero-order valence-corrected chi connectivity index (χ0v) is 18.8. The number of nitrogens with zero attached hydrogens (tertiary/aromatic N) is 2. The summed E-state index contributed by atoms with van der Waals surface area (Å²) in [5.74, 6) is -0.451. The number of carbonyl (C=O) groups excluding carboxylic acids is 1. The molecule has 0 aliphatic carbocycles. The van der Waals surface area contributed by atoms with Crippen molar-refractivity contribution in [1.82, 2.24) is 0 Å². The average Bonchev–Trinajstić information content (AvgIpc) is 3.33. The van der Waals surface area contributed by atoms with Crippen molar-refractivity contribution in [3.05, 3.63) is 76.2 Å². The number of hydrogen-bond donors (Lipinski definition) is 1. The van der Waals surface area contributed by atoms with Crippen LogP contribution in [0.25, 0.3) is 0 Å². The van der Waals surface area contributed by atoms with Crippen LogP contribution in [0.5, 0.6) is 0 Å². The van der Waals surface area contributed by atoms with Crippen molar-refractivity contribution in [2.45, 2.75) is 37.6 Å². The van der Waals surface area contributed by atoms with Crippen molar-refractivity contribution in [2.24, 2.45) is 0 Å². The van der Waals surface area contributed by atoms with Gasteiger partial charge in [-0.1, -0.05) is 31.2 Å². The van der Waals surface area contributed by atoms with Gasteiger partial charge in [0.05, 0.1) is 16.1 Å². The van der Waals surface area contributed by atoms with Gasteiger partial charge in [0.2, 0.25) is 0 Å². The molecule has 1 atom stereocenters. The zero-order chi connectivity index (χ0) is 22.2. The molecule has 3 aromatic rings. The summed E-state index contributed by atoms with van der Waals surface area (Å²) in [5.41, 5.74) is 2.29. The van der Waals surface area contributed by atoms with Crippen LogP contribution in [-0.4, -0.2) is 20.4 Å². The van der Waals surface area contributed by atoms with Crippen LogP contribution in [-0.2, 0) is 22.9 Å². The van der Waals surface area contributed by atoms with Gasteiger partial charge in [-0.2, -0.15) is 5.26 Å². The van der Waals surface area contributed by atoms with Crippen molar-refractivity contribution < 1.29 is 13.2 Å². The Balaban J connectivity index is 1.65. The summed E-state index contributed by atoms with van der Waals surface area (Å²) >= 11 is 1.35. The van der Waals surface area contributed by atoms with Crippen molar-refractivity contribution in [3.63, 3.8) is 0 Å². The van der Waals surface area contributed by atoms with Crippen molar-refractivity contribution in [1.29, 1.82) is 5.26 Å².